The second-order valence-electron chi connectivity index (χ2n) is 10.4. The molecule has 1 aromatic heterocycles. The Morgan fingerprint density at radius 1 is 1.11 bits per heavy atom. The molecule has 3 heterocycles. The van der Waals surface area contributed by atoms with Gasteiger partial charge in [-0.1, -0.05) is 6.07 Å². The maximum Gasteiger partial charge on any atom is 0.410 e. The first kappa shape index (κ1) is 28.0. The van der Waals surface area contributed by atoms with Crippen molar-refractivity contribution in [2.75, 3.05) is 39.3 Å². The maximum atomic E-state index is 14.9. The average molecular weight is 531 g/mol. The van der Waals surface area contributed by atoms with E-state index in [1.807, 2.05) is 19.9 Å². The number of piperidine rings is 2. The van der Waals surface area contributed by atoms with Crippen LogP contribution in [0.2, 0.25) is 0 Å². The minimum absolute atomic E-state index is 0.0993. The number of aromatic nitrogens is 2. The van der Waals surface area contributed by atoms with Crippen LogP contribution in [0.1, 0.15) is 50.7 Å². The van der Waals surface area contributed by atoms with Gasteiger partial charge in [0.25, 0.3) is 0 Å². The number of amides is 1. The molecule has 1 N–H and O–H groups in total. The topological polar surface area (TPSA) is 97.3 Å². The van der Waals surface area contributed by atoms with Gasteiger partial charge in [-0.25, -0.2) is 19.2 Å². The Hall–Kier alpha value is -2.98. The molecule has 9 nitrogen and oxygen atoms in total. The predicted octanol–water partition coefficient (Wildman–Crippen LogP) is 4.35. The van der Waals surface area contributed by atoms with Crippen molar-refractivity contribution >= 4 is 6.09 Å². The number of carbonyl (C=O) groups is 1. The third-order valence-electron chi connectivity index (χ3n) is 7.19. The van der Waals surface area contributed by atoms with Crippen LogP contribution < -0.4 is 9.47 Å². The molecule has 10 heteroatoms. The number of nitrogens with zero attached hydrogens (tertiary/aromatic N) is 4. The highest BCUT2D eigenvalue weighted by molar-refractivity contribution is 5.67. The highest BCUT2D eigenvalue weighted by atomic mass is 19.1. The summed E-state index contributed by atoms with van der Waals surface area (Å²) in [4.78, 5) is 24.6. The zero-order valence-corrected chi connectivity index (χ0v) is 22.6. The Morgan fingerprint density at radius 2 is 1.82 bits per heavy atom. The lowest BCUT2D eigenvalue weighted by Crippen LogP contribution is -2.42. The largest absolute Gasteiger partial charge is 0.474 e. The summed E-state index contributed by atoms with van der Waals surface area (Å²) in [7, 11) is 0. The molecule has 0 unspecified atom stereocenters. The lowest BCUT2D eigenvalue weighted by molar-refractivity contribution is 0.0505. The van der Waals surface area contributed by atoms with Crippen molar-refractivity contribution in [2.24, 2.45) is 5.92 Å². The van der Waals surface area contributed by atoms with Gasteiger partial charge in [-0.3, -0.25) is 0 Å². The van der Waals surface area contributed by atoms with Crippen LogP contribution in [0.25, 0.3) is 0 Å². The molecule has 2 fully saturated rings. The van der Waals surface area contributed by atoms with E-state index < -0.39 is 5.82 Å². The molecular weight excluding hydrogens is 491 g/mol. The summed E-state index contributed by atoms with van der Waals surface area (Å²) in [5.41, 5.74) is 1.50. The average Bonchev–Trinajstić information content (AvgIpc) is 2.91. The summed E-state index contributed by atoms with van der Waals surface area (Å²) in [6, 6.07) is 5.03. The lowest BCUT2D eigenvalue weighted by Gasteiger charge is -2.31. The molecule has 38 heavy (non-hydrogen) atoms. The zero-order valence-electron chi connectivity index (χ0n) is 22.6. The van der Waals surface area contributed by atoms with Gasteiger partial charge in [0.15, 0.2) is 11.6 Å². The maximum absolute atomic E-state index is 14.9. The van der Waals surface area contributed by atoms with Gasteiger partial charge in [-0.15, -0.1) is 0 Å². The van der Waals surface area contributed by atoms with E-state index in [0.29, 0.717) is 43.3 Å². The summed E-state index contributed by atoms with van der Waals surface area (Å²) >= 11 is 0. The van der Waals surface area contributed by atoms with E-state index in [1.54, 1.807) is 17.9 Å². The Bertz CT molecular complexity index is 1070. The first-order valence-electron chi connectivity index (χ1n) is 13.6. The van der Waals surface area contributed by atoms with E-state index in [2.05, 4.69) is 14.9 Å². The Labute approximate surface area is 223 Å². The number of hydrogen-bond acceptors (Lipinski definition) is 8. The van der Waals surface area contributed by atoms with E-state index in [4.69, 9.17) is 14.2 Å². The number of hydrogen-bond donors (Lipinski definition) is 1. The molecule has 0 bridgehead atoms. The second-order valence-corrected chi connectivity index (χ2v) is 10.4. The Morgan fingerprint density at radius 3 is 2.47 bits per heavy atom. The van der Waals surface area contributed by atoms with Crippen LogP contribution in [0.4, 0.5) is 9.18 Å². The molecule has 208 valence electrons. The van der Waals surface area contributed by atoms with Crippen LogP contribution in [0.3, 0.4) is 0 Å². The van der Waals surface area contributed by atoms with Crippen molar-refractivity contribution in [3.63, 3.8) is 0 Å². The highest BCUT2D eigenvalue weighted by Gasteiger charge is 2.26. The fourth-order valence-corrected chi connectivity index (χ4v) is 4.80. The number of halogens is 1. The van der Waals surface area contributed by atoms with Crippen LogP contribution in [0.5, 0.6) is 17.5 Å². The fraction of sp³-hybridized carbons (Fsp3) is 0.607. The molecule has 0 atom stereocenters. The molecule has 2 aliphatic rings. The van der Waals surface area contributed by atoms with Gasteiger partial charge in [-0.05, 0) is 76.7 Å². The Balaban J connectivity index is 1.30. The molecule has 2 aliphatic heterocycles. The van der Waals surface area contributed by atoms with Crippen molar-refractivity contribution < 1.29 is 28.5 Å². The Kier molecular flexibility index (Phi) is 9.74. The first-order valence-corrected chi connectivity index (χ1v) is 13.6. The van der Waals surface area contributed by atoms with Crippen molar-refractivity contribution in [2.45, 2.75) is 65.1 Å². The van der Waals surface area contributed by atoms with Gasteiger partial charge >= 0.3 is 6.09 Å². The third-order valence-corrected chi connectivity index (χ3v) is 7.19. The number of rotatable bonds is 9. The molecule has 0 aliphatic carbocycles. The standard InChI is InChI=1S/C28H39FN4O5/c1-19(2)36-28(35)33-14-9-23(10-15-33)37-26-20(3)27(31-18-30-26)38-25-5-4-21(16-24(25)29)6-11-32-12-7-22(17-34)8-13-32/h4-5,16,18-19,22-23,34H,6-15,17H2,1-3H3. The van der Waals surface area contributed by atoms with Crippen LogP contribution in [0.15, 0.2) is 24.5 Å². The molecule has 1 amide bonds. The first-order chi connectivity index (χ1) is 18.3. The molecule has 0 radical (unpaired) electrons. The monoisotopic (exact) mass is 530 g/mol. The minimum atomic E-state index is -0.442. The van der Waals surface area contributed by atoms with E-state index in [-0.39, 0.29) is 36.5 Å². The fourth-order valence-electron chi connectivity index (χ4n) is 4.80. The van der Waals surface area contributed by atoms with Gasteiger partial charge in [0.2, 0.25) is 11.8 Å². The van der Waals surface area contributed by atoms with E-state index in [0.717, 1.165) is 44.5 Å². The van der Waals surface area contributed by atoms with Gasteiger partial charge in [0, 0.05) is 39.1 Å². The molecule has 0 saturated carbocycles. The van der Waals surface area contributed by atoms with E-state index >= 15 is 0 Å². The summed E-state index contributed by atoms with van der Waals surface area (Å²) < 4.78 is 32.1. The van der Waals surface area contributed by atoms with E-state index in [9.17, 15) is 14.3 Å². The van der Waals surface area contributed by atoms with Crippen molar-refractivity contribution in [1.29, 1.82) is 0 Å². The number of carbonyl (C=O) groups excluding carboxylic acids is 1. The van der Waals surface area contributed by atoms with Crippen LogP contribution >= 0.6 is 0 Å². The van der Waals surface area contributed by atoms with Gasteiger partial charge in [-0.2, -0.15) is 0 Å². The SMILES string of the molecule is Cc1c(Oc2ccc(CCN3CCC(CO)CC3)cc2F)ncnc1OC1CCN(C(=O)OC(C)C)CC1. The van der Waals surface area contributed by atoms with Crippen LogP contribution in [0, 0.1) is 18.7 Å². The van der Waals surface area contributed by atoms with Crippen LogP contribution in [-0.4, -0.2) is 82.5 Å². The number of aliphatic hydroxyl groups is 1. The normalized spacial score (nSPS) is 17.6. The summed E-state index contributed by atoms with van der Waals surface area (Å²) in [6.45, 7) is 9.59. The van der Waals surface area contributed by atoms with Crippen LogP contribution in [-0.2, 0) is 11.2 Å². The number of aliphatic hydroxyl groups excluding tert-OH is 1. The van der Waals surface area contributed by atoms with Crippen molar-refractivity contribution in [3.8, 4) is 17.5 Å². The van der Waals surface area contributed by atoms with Crippen molar-refractivity contribution in [3.05, 3.63) is 41.5 Å². The molecule has 2 aromatic rings. The summed E-state index contributed by atoms with van der Waals surface area (Å²) in [6.07, 6.45) is 4.86. The molecule has 2 saturated heterocycles. The van der Waals surface area contributed by atoms with Gasteiger partial charge in [0.1, 0.15) is 12.4 Å². The molecular formula is C28H39FN4O5. The smallest absolute Gasteiger partial charge is 0.410 e. The van der Waals surface area contributed by atoms with Gasteiger partial charge in [0.05, 0.1) is 11.7 Å². The number of benzene rings is 1. The molecule has 1 aromatic carbocycles. The number of ether oxygens (including phenoxy) is 3. The number of likely N-dealkylation sites (tertiary alicyclic amines) is 2. The van der Waals surface area contributed by atoms with Gasteiger partial charge < -0.3 is 29.1 Å². The molecule has 0 spiro atoms. The lowest BCUT2D eigenvalue weighted by atomic mass is 9.97. The highest BCUT2D eigenvalue weighted by Crippen LogP contribution is 2.31. The quantitative estimate of drug-likeness (QED) is 0.511. The third kappa shape index (κ3) is 7.54. The minimum Gasteiger partial charge on any atom is -0.474 e. The van der Waals surface area contributed by atoms with Crippen molar-refractivity contribution in [1.82, 2.24) is 19.8 Å². The zero-order chi connectivity index (χ0) is 27.1. The predicted molar refractivity (Wildman–Crippen MR) is 140 cm³/mol. The van der Waals surface area contributed by atoms with E-state index in [1.165, 1.54) is 12.4 Å². The summed E-state index contributed by atoms with van der Waals surface area (Å²) in [5.74, 6) is 0.695. The molecule has 4 rings (SSSR count). The summed E-state index contributed by atoms with van der Waals surface area (Å²) in [5, 5.41) is 9.30. The second kappa shape index (κ2) is 13.2.